The molecule has 29 heavy (non-hydrogen) atoms. The molecule has 0 fully saturated rings. The van der Waals surface area contributed by atoms with Crippen molar-refractivity contribution in [3.8, 4) is 5.69 Å². The summed E-state index contributed by atoms with van der Waals surface area (Å²) in [5.74, 6) is 0.725. The fraction of sp³-hybridized carbons (Fsp3) is 0.318. The summed E-state index contributed by atoms with van der Waals surface area (Å²) in [5, 5.41) is 9.28. The molecule has 0 unspecified atom stereocenters. The summed E-state index contributed by atoms with van der Waals surface area (Å²) in [6.07, 6.45) is 0.941. The third-order valence-corrected chi connectivity index (χ3v) is 5.84. The molecule has 0 saturated heterocycles. The standard InChI is InChI=1S/C22H25FN4OS/c1-5-16-6-8-17(9-7-16)20(28)14-29-22-25-24-21(15(2)26(3)4)27(22)19-12-10-18(23)11-13-19/h6-13,15H,5,14H2,1-4H3/t15-/m0/s1. The predicted molar refractivity (Wildman–Crippen MR) is 114 cm³/mol. The molecule has 0 aliphatic rings. The predicted octanol–water partition coefficient (Wildman–Crippen LogP) is 4.57. The Hall–Kier alpha value is -2.51. The molecule has 0 saturated carbocycles. The van der Waals surface area contributed by atoms with Crippen molar-refractivity contribution in [3.05, 3.63) is 71.3 Å². The summed E-state index contributed by atoms with van der Waals surface area (Å²) in [6, 6.07) is 13.9. The van der Waals surface area contributed by atoms with Crippen LogP contribution in [0.2, 0.25) is 0 Å². The van der Waals surface area contributed by atoms with Crippen molar-refractivity contribution in [3.63, 3.8) is 0 Å². The molecule has 5 nitrogen and oxygen atoms in total. The topological polar surface area (TPSA) is 51.0 Å². The number of aryl methyl sites for hydroxylation is 1. The number of hydrogen-bond donors (Lipinski definition) is 0. The van der Waals surface area contributed by atoms with E-state index in [2.05, 4.69) is 17.1 Å². The molecule has 3 rings (SSSR count). The number of thioether (sulfide) groups is 1. The number of aromatic nitrogens is 3. The summed E-state index contributed by atoms with van der Waals surface area (Å²) < 4.78 is 15.3. The second-order valence-electron chi connectivity index (χ2n) is 7.05. The molecular formula is C22H25FN4OS. The molecule has 0 N–H and O–H groups in total. The number of carbonyl (C=O) groups is 1. The van der Waals surface area contributed by atoms with Gasteiger partial charge in [0.2, 0.25) is 0 Å². The van der Waals surface area contributed by atoms with Crippen molar-refractivity contribution in [1.82, 2.24) is 19.7 Å². The molecule has 152 valence electrons. The number of benzene rings is 2. The van der Waals surface area contributed by atoms with Crippen molar-refractivity contribution in [2.45, 2.75) is 31.5 Å². The Morgan fingerprint density at radius 2 is 1.76 bits per heavy atom. The van der Waals surface area contributed by atoms with Gasteiger partial charge in [-0.2, -0.15) is 0 Å². The molecule has 0 spiro atoms. The van der Waals surface area contributed by atoms with Crippen LogP contribution in [0.3, 0.4) is 0 Å². The van der Waals surface area contributed by atoms with Gasteiger partial charge in [0.05, 0.1) is 11.8 Å². The average molecular weight is 413 g/mol. The van der Waals surface area contributed by atoms with Crippen LogP contribution in [0.5, 0.6) is 0 Å². The summed E-state index contributed by atoms with van der Waals surface area (Å²) in [4.78, 5) is 14.6. The smallest absolute Gasteiger partial charge is 0.196 e. The average Bonchev–Trinajstić information content (AvgIpc) is 3.15. The number of rotatable bonds is 8. The monoisotopic (exact) mass is 412 g/mol. The van der Waals surface area contributed by atoms with E-state index in [4.69, 9.17) is 0 Å². The minimum absolute atomic E-state index is 0.000747. The third-order valence-electron chi connectivity index (χ3n) is 4.91. The lowest BCUT2D eigenvalue weighted by molar-refractivity contribution is 0.102. The van der Waals surface area contributed by atoms with E-state index in [1.165, 1.54) is 29.5 Å². The van der Waals surface area contributed by atoms with Gasteiger partial charge >= 0.3 is 0 Å². The van der Waals surface area contributed by atoms with Crippen LogP contribution >= 0.6 is 11.8 Å². The van der Waals surface area contributed by atoms with Crippen molar-refractivity contribution in [2.75, 3.05) is 19.8 Å². The van der Waals surface area contributed by atoms with Gasteiger partial charge in [-0.25, -0.2) is 4.39 Å². The largest absolute Gasteiger partial charge is 0.300 e. The van der Waals surface area contributed by atoms with E-state index in [-0.39, 0.29) is 23.4 Å². The normalized spacial score (nSPS) is 12.3. The molecule has 2 aromatic carbocycles. The van der Waals surface area contributed by atoms with Gasteiger partial charge in [0.15, 0.2) is 16.8 Å². The van der Waals surface area contributed by atoms with Crippen LogP contribution in [0.25, 0.3) is 5.69 Å². The lowest BCUT2D eigenvalue weighted by atomic mass is 10.1. The lowest BCUT2D eigenvalue weighted by Crippen LogP contribution is -2.20. The minimum atomic E-state index is -0.302. The van der Waals surface area contributed by atoms with Gasteiger partial charge < -0.3 is 0 Å². The fourth-order valence-electron chi connectivity index (χ4n) is 2.85. The highest BCUT2D eigenvalue weighted by atomic mass is 32.2. The van der Waals surface area contributed by atoms with E-state index in [0.29, 0.717) is 10.7 Å². The molecule has 3 aromatic rings. The zero-order chi connectivity index (χ0) is 21.0. The van der Waals surface area contributed by atoms with E-state index in [9.17, 15) is 9.18 Å². The summed E-state index contributed by atoms with van der Waals surface area (Å²) in [7, 11) is 3.93. The van der Waals surface area contributed by atoms with Crippen LogP contribution in [0, 0.1) is 5.82 Å². The molecule has 0 amide bonds. The third kappa shape index (κ3) is 4.92. The number of carbonyl (C=O) groups excluding carboxylic acids is 1. The Balaban J connectivity index is 1.86. The van der Waals surface area contributed by atoms with E-state index in [0.717, 1.165) is 17.9 Å². The zero-order valence-corrected chi connectivity index (χ0v) is 17.9. The van der Waals surface area contributed by atoms with Crippen LogP contribution in [0.4, 0.5) is 4.39 Å². The van der Waals surface area contributed by atoms with Crippen LogP contribution in [-0.2, 0) is 6.42 Å². The highest BCUT2D eigenvalue weighted by Crippen LogP contribution is 2.27. The summed E-state index contributed by atoms with van der Waals surface area (Å²) in [6.45, 7) is 4.11. The van der Waals surface area contributed by atoms with Gasteiger partial charge in [-0.15, -0.1) is 10.2 Å². The van der Waals surface area contributed by atoms with Crippen LogP contribution in [0.1, 0.15) is 41.6 Å². The maximum absolute atomic E-state index is 13.4. The molecule has 0 aliphatic heterocycles. The minimum Gasteiger partial charge on any atom is -0.300 e. The number of halogens is 1. The molecule has 0 aliphatic carbocycles. The Labute approximate surface area is 175 Å². The second-order valence-corrected chi connectivity index (χ2v) is 8.00. The van der Waals surface area contributed by atoms with E-state index in [1.807, 2.05) is 54.8 Å². The Bertz CT molecular complexity index is 967. The SMILES string of the molecule is CCc1ccc(C(=O)CSc2nnc([C@H](C)N(C)C)n2-c2ccc(F)cc2)cc1. The van der Waals surface area contributed by atoms with Gasteiger partial charge in [-0.05, 0) is 57.3 Å². The van der Waals surface area contributed by atoms with Gasteiger partial charge in [0.1, 0.15) is 5.82 Å². The highest BCUT2D eigenvalue weighted by Gasteiger charge is 2.21. The first-order valence-electron chi connectivity index (χ1n) is 9.53. The van der Waals surface area contributed by atoms with E-state index in [1.54, 1.807) is 12.1 Å². The Morgan fingerprint density at radius 1 is 1.10 bits per heavy atom. The van der Waals surface area contributed by atoms with Crippen LogP contribution < -0.4 is 0 Å². The maximum Gasteiger partial charge on any atom is 0.196 e. The summed E-state index contributed by atoms with van der Waals surface area (Å²) in [5.41, 5.74) is 2.65. The number of hydrogen-bond acceptors (Lipinski definition) is 5. The first kappa shape index (κ1) is 21.2. The van der Waals surface area contributed by atoms with E-state index >= 15 is 0 Å². The van der Waals surface area contributed by atoms with Gasteiger partial charge in [-0.3, -0.25) is 14.3 Å². The fourth-order valence-corrected chi connectivity index (χ4v) is 3.70. The Morgan fingerprint density at radius 3 is 2.34 bits per heavy atom. The first-order chi connectivity index (χ1) is 13.9. The summed E-state index contributed by atoms with van der Waals surface area (Å²) >= 11 is 1.34. The number of Topliss-reactive ketones (excluding diaryl/α,β-unsaturated/α-hetero) is 1. The molecule has 1 heterocycles. The molecule has 1 atom stereocenters. The maximum atomic E-state index is 13.4. The molecule has 7 heteroatoms. The van der Waals surface area contributed by atoms with Crippen LogP contribution in [0.15, 0.2) is 53.7 Å². The first-order valence-corrected chi connectivity index (χ1v) is 10.5. The van der Waals surface area contributed by atoms with Gasteiger partial charge in [-0.1, -0.05) is 43.0 Å². The van der Waals surface area contributed by atoms with Crippen molar-refractivity contribution in [2.24, 2.45) is 0 Å². The van der Waals surface area contributed by atoms with Crippen molar-refractivity contribution < 1.29 is 9.18 Å². The highest BCUT2D eigenvalue weighted by molar-refractivity contribution is 7.99. The Kier molecular flexibility index (Phi) is 6.82. The lowest BCUT2D eigenvalue weighted by Gasteiger charge is -2.20. The number of ketones is 1. The molecular weight excluding hydrogens is 387 g/mol. The molecule has 1 aromatic heterocycles. The quantitative estimate of drug-likeness (QED) is 0.401. The van der Waals surface area contributed by atoms with Crippen LogP contribution in [-0.4, -0.2) is 45.3 Å². The molecule has 0 bridgehead atoms. The second kappa shape index (κ2) is 9.33. The van der Waals surface area contributed by atoms with Gasteiger partial charge in [0.25, 0.3) is 0 Å². The van der Waals surface area contributed by atoms with Crippen molar-refractivity contribution >= 4 is 17.5 Å². The van der Waals surface area contributed by atoms with Gasteiger partial charge in [0, 0.05) is 11.3 Å². The van der Waals surface area contributed by atoms with E-state index < -0.39 is 0 Å². The van der Waals surface area contributed by atoms with Crippen molar-refractivity contribution in [1.29, 1.82) is 0 Å². The molecule has 0 radical (unpaired) electrons. The zero-order valence-electron chi connectivity index (χ0n) is 17.1. The number of nitrogens with zero attached hydrogens (tertiary/aromatic N) is 4.